The second-order valence-electron chi connectivity index (χ2n) is 3.40. The number of halogens is 3. The lowest BCUT2D eigenvalue weighted by Crippen LogP contribution is -2.44. The minimum absolute atomic E-state index is 0.149. The summed E-state index contributed by atoms with van der Waals surface area (Å²) in [7, 11) is -2.89. The van der Waals surface area contributed by atoms with E-state index in [0.717, 1.165) is 6.07 Å². The predicted molar refractivity (Wildman–Crippen MR) is 61.1 cm³/mol. The quantitative estimate of drug-likeness (QED) is 0.824. The van der Waals surface area contributed by atoms with Crippen LogP contribution >= 0.6 is 15.9 Å². The molecule has 0 radical (unpaired) electrons. The molecule has 1 unspecified atom stereocenters. The van der Waals surface area contributed by atoms with Gasteiger partial charge in [-0.2, -0.15) is 0 Å². The van der Waals surface area contributed by atoms with E-state index in [1.165, 1.54) is 12.1 Å². The Labute approximate surface area is 102 Å². The number of alkyl halides is 1. The molecular formula is C9H10BrF2NO2S. The molecule has 0 aliphatic carbocycles. The highest BCUT2D eigenvalue weighted by molar-refractivity contribution is 9.10. The summed E-state index contributed by atoms with van der Waals surface area (Å²) in [5, 5.41) is 0. The Morgan fingerprint density at radius 2 is 2.06 bits per heavy atom. The minimum atomic E-state index is -2.89. The molecule has 0 aliphatic rings. The largest absolute Gasteiger partial charge is 0.318 e. The van der Waals surface area contributed by atoms with Crippen LogP contribution in [0, 0.1) is 5.82 Å². The lowest BCUT2D eigenvalue weighted by Gasteiger charge is -2.24. The number of hydrogen-bond acceptors (Lipinski definition) is 3. The topological polar surface area (TPSA) is 60.2 Å². The molecule has 0 spiro atoms. The molecule has 0 saturated carbocycles. The summed E-state index contributed by atoms with van der Waals surface area (Å²) in [6.07, 6.45) is 0. The summed E-state index contributed by atoms with van der Waals surface area (Å²) in [6, 6.07) is 3.82. The highest BCUT2D eigenvalue weighted by atomic mass is 79.9. The lowest BCUT2D eigenvalue weighted by atomic mass is 9.94. The third kappa shape index (κ3) is 2.99. The van der Waals surface area contributed by atoms with Crippen LogP contribution in [0.1, 0.15) is 5.56 Å². The van der Waals surface area contributed by atoms with Gasteiger partial charge in [0.15, 0.2) is 0 Å². The van der Waals surface area contributed by atoms with Gasteiger partial charge in [0.05, 0.1) is 11.3 Å². The molecular weight excluding hydrogens is 304 g/mol. The van der Waals surface area contributed by atoms with Gasteiger partial charge in [0.1, 0.15) is 23.2 Å². The molecule has 2 N–H and O–H groups in total. The van der Waals surface area contributed by atoms with Gasteiger partial charge >= 0.3 is 0 Å². The summed E-state index contributed by atoms with van der Waals surface area (Å²) >= 11 is 3.09. The number of thiol groups is 1. The summed E-state index contributed by atoms with van der Waals surface area (Å²) in [5.41, 5.74) is 3.59. The molecule has 16 heavy (non-hydrogen) atoms. The third-order valence-electron chi connectivity index (χ3n) is 2.11. The van der Waals surface area contributed by atoms with E-state index >= 15 is 0 Å². The van der Waals surface area contributed by atoms with Crippen molar-refractivity contribution in [2.75, 3.05) is 12.4 Å². The number of hydrogen-bond donors (Lipinski definition) is 2. The Bertz CT molecular complexity index is 459. The van der Waals surface area contributed by atoms with Crippen molar-refractivity contribution in [2.45, 2.75) is 5.54 Å². The first-order valence-electron chi connectivity index (χ1n) is 4.31. The van der Waals surface area contributed by atoms with Gasteiger partial charge < -0.3 is 5.73 Å². The van der Waals surface area contributed by atoms with Crippen LogP contribution in [0.15, 0.2) is 22.7 Å². The number of rotatable bonds is 4. The van der Waals surface area contributed by atoms with Crippen molar-refractivity contribution in [3.8, 4) is 0 Å². The maximum atomic E-state index is 13.4. The van der Waals surface area contributed by atoms with E-state index in [1.54, 1.807) is 0 Å². The molecule has 1 rings (SSSR count). The van der Waals surface area contributed by atoms with Crippen LogP contribution in [0.4, 0.5) is 8.78 Å². The normalized spacial score (nSPS) is 15.1. The molecule has 0 fully saturated rings. The molecule has 0 heterocycles. The molecule has 0 aliphatic heterocycles. The van der Waals surface area contributed by atoms with Crippen molar-refractivity contribution < 1.29 is 17.2 Å². The zero-order chi connectivity index (χ0) is 12.3. The average Bonchev–Trinajstić information content (AvgIpc) is 2.20. The average molecular weight is 314 g/mol. The molecule has 3 nitrogen and oxygen atoms in total. The fraction of sp³-hybridized carbons (Fsp3) is 0.333. The molecule has 0 amide bonds. The van der Waals surface area contributed by atoms with E-state index in [-0.39, 0.29) is 5.56 Å². The van der Waals surface area contributed by atoms with Crippen molar-refractivity contribution in [1.29, 1.82) is 0 Å². The van der Waals surface area contributed by atoms with Crippen molar-refractivity contribution in [1.82, 2.24) is 0 Å². The van der Waals surface area contributed by atoms with Crippen LogP contribution in [-0.2, 0) is 16.2 Å². The van der Waals surface area contributed by atoms with Gasteiger partial charge in [-0.15, -0.1) is 0 Å². The summed E-state index contributed by atoms with van der Waals surface area (Å²) in [4.78, 5) is 0. The highest BCUT2D eigenvalue weighted by Crippen LogP contribution is 2.25. The van der Waals surface area contributed by atoms with E-state index in [1.807, 2.05) is 0 Å². The van der Waals surface area contributed by atoms with Crippen LogP contribution < -0.4 is 5.73 Å². The van der Waals surface area contributed by atoms with Crippen LogP contribution in [-0.4, -0.2) is 20.8 Å². The standard InChI is InChI=1S/C9H10BrF2NO2S/c10-6-1-2-8(12)7(3-6)9(13,4-11)5-16(14)15/h1-3,16H,4-5,13H2. The Balaban J connectivity index is 3.26. The van der Waals surface area contributed by atoms with E-state index in [9.17, 15) is 17.2 Å². The summed E-state index contributed by atoms with van der Waals surface area (Å²) in [5.74, 6) is -1.35. The Hall–Kier alpha value is -0.530. The van der Waals surface area contributed by atoms with Crippen LogP contribution in [0.5, 0.6) is 0 Å². The van der Waals surface area contributed by atoms with E-state index < -0.39 is 34.5 Å². The van der Waals surface area contributed by atoms with Gasteiger partial charge in [0.2, 0.25) is 0 Å². The first-order chi connectivity index (χ1) is 7.39. The van der Waals surface area contributed by atoms with E-state index in [4.69, 9.17) is 5.73 Å². The maximum absolute atomic E-state index is 13.4. The Kier molecular flexibility index (Phi) is 4.40. The highest BCUT2D eigenvalue weighted by Gasteiger charge is 2.31. The first-order valence-corrected chi connectivity index (χ1v) is 6.47. The molecule has 0 bridgehead atoms. The fourth-order valence-corrected chi connectivity index (χ4v) is 2.39. The van der Waals surface area contributed by atoms with E-state index in [2.05, 4.69) is 15.9 Å². The van der Waals surface area contributed by atoms with Gasteiger partial charge in [-0.05, 0) is 18.2 Å². The SMILES string of the molecule is NC(CF)(C[SH](=O)=O)c1cc(Br)ccc1F. The maximum Gasteiger partial charge on any atom is 0.142 e. The van der Waals surface area contributed by atoms with Crippen molar-refractivity contribution in [3.63, 3.8) is 0 Å². The zero-order valence-electron chi connectivity index (χ0n) is 8.12. The molecule has 1 atom stereocenters. The second-order valence-corrected chi connectivity index (χ2v) is 5.30. The second kappa shape index (κ2) is 5.20. The van der Waals surface area contributed by atoms with Crippen LogP contribution in [0.25, 0.3) is 0 Å². The van der Waals surface area contributed by atoms with Crippen molar-refractivity contribution >= 4 is 26.6 Å². The van der Waals surface area contributed by atoms with Crippen molar-refractivity contribution in [2.24, 2.45) is 5.73 Å². The Morgan fingerprint density at radius 1 is 1.44 bits per heavy atom. The van der Waals surface area contributed by atoms with Crippen LogP contribution in [0.2, 0.25) is 0 Å². The summed E-state index contributed by atoms with van der Waals surface area (Å²) in [6.45, 7) is -1.15. The monoisotopic (exact) mass is 313 g/mol. The van der Waals surface area contributed by atoms with Gasteiger partial charge in [-0.25, -0.2) is 17.2 Å². The molecule has 1 aromatic carbocycles. The molecule has 90 valence electrons. The fourth-order valence-electron chi connectivity index (χ4n) is 1.31. The number of nitrogens with two attached hydrogens (primary N) is 1. The van der Waals surface area contributed by atoms with Gasteiger partial charge in [0, 0.05) is 10.0 Å². The molecule has 0 saturated heterocycles. The molecule has 0 aromatic heterocycles. The van der Waals surface area contributed by atoms with Gasteiger partial charge in [-0.3, -0.25) is 0 Å². The molecule has 1 aromatic rings. The predicted octanol–water partition coefficient (Wildman–Crippen LogP) is 1.32. The van der Waals surface area contributed by atoms with Crippen molar-refractivity contribution in [3.05, 3.63) is 34.1 Å². The summed E-state index contributed by atoms with van der Waals surface area (Å²) < 4.78 is 48.0. The first kappa shape index (κ1) is 13.5. The lowest BCUT2D eigenvalue weighted by molar-refractivity contribution is 0.328. The van der Waals surface area contributed by atoms with Gasteiger partial charge in [-0.1, -0.05) is 15.9 Å². The third-order valence-corrected chi connectivity index (χ3v) is 3.43. The zero-order valence-corrected chi connectivity index (χ0v) is 10.6. The smallest absolute Gasteiger partial charge is 0.142 e. The Morgan fingerprint density at radius 3 is 2.56 bits per heavy atom. The van der Waals surface area contributed by atoms with Gasteiger partial charge in [0.25, 0.3) is 0 Å². The number of benzene rings is 1. The van der Waals surface area contributed by atoms with E-state index in [0.29, 0.717) is 4.47 Å². The minimum Gasteiger partial charge on any atom is -0.318 e. The van der Waals surface area contributed by atoms with Crippen LogP contribution in [0.3, 0.4) is 0 Å². The molecule has 7 heteroatoms.